The summed E-state index contributed by atoms with van der Waals surface area (Å²) < 4.78 is 0. The quantitative estimate of drug-likeness (QED) is 0.737. The molecule has 1 N–H and O–H groups in total. The lowest BCUT2D eigenvalue weighted by Gasteiger charge is -2.32. The monoisotopic (exact) mass is 291 g/mol. The molecule has 21 heavy (non-hydrogen) atoms. The Morgan fingerprint density at radius 1 is 1.14 bits per heavy atom. The van der Waals surface area contributed by atoms with Gasteiger partial charge in [-0.25, -0.2) is 0 Å². The number of aliphatic hydroxyl groups is 1. The maximum Gasteiger partial charge on any atom is 0.227 e. The Labute approximate surface area is 129 Å². The fraction of sp³-hybridized carbons (Fsp3) is 0.611. The lowest BCUT2D eigenvalue weighted by Crippen LogP contribution is -2.40. The van der Waals surface area contributed by atoms with Gasteiger partial charge in [0, 0.05) is 18.2 Å². The summed E-state index contributed by atoms with van der Waals surface area (Å²) >= 11 is 0. The first-order chi connectivity index (χ1) is 10.2. The first-order valence-corrected chi connectivity index (χ1v) is 8.19. The van der Waals surface area contributed by atoms with Gasteiger partial charge >= 0.3 is 0 Å². The summed E-state index contributed by atoms with van der Waals surface area (Å²) in [6.07, 6.45) is 5.62. The maximum absolute atomic E-state index is 12.6. The Balaban J connectivity index is 3.12. The predicted octanol–water partition coefficient (Wildman–Crippen LogP) is 4.28. The number of carbonyl (C=O) groups excluding carboxylic acids is 1. The second kappa shape index (κ2) is 9.56. The van der Waals surface area contributed by atoms with E-state index in [2.05, 4.69) is 13.8 Å². The molecule has 0 heterocycles. The second-order valence-electron chi connectivity index (χ2n) is 5.57. The van der Waals surface area contributed by atoms with Crippen LogP contribution in [-0.4, -0.2) is 17.1 Å². The highest BCUT2D eigenvalue weighted by Gasteiger charge is 2.23. The molecule has 3 nitrogen and oxygen atoms in total. The minimum Gasteiger partial charge on any atom is -0.392 e. The predicted molar refractivity (Wildman–Crippen MR) is 88.4 cm³/mol. The highest BCUT2D eigenvalue weighted by molar-refractivity contribution is 5.94. The van der Waals surface area contributed by atoms with Crippen LogP contribution in [0.15, 0.2) is 24.3 Å². The van der Waals surface area contributed by atoms with Crippen molar-refractivity contribution < 1.29 is 9.90 Å². The lowest BCUT2D eigenvalue weighted by molar-refractivity contribution is -0.119. The highest BCUT2D eigenvalue weighted by Crippen LogP contribution is 2.25. The summed E-state index contributed by atoms with van der Waals surface area (Å²) in [5.74, 6) is 0.194. The molecule has 1 amide bonds. The van der Waals surface area contributed by atoms with Crippen LogP contribution in [0, 0.1) is 0 Å². The molecule has 0 bridgehead atoms. The number of anilines is 1. The minimum absolute atomic E-state index is 0.00979. The van der Waals surface area contributed by atoms with Crippen LogP contribution in [0.25, 0.3) is 0 Å². The number of hydrogen-bond donors (Lipinski definition) is 1. The van der Waals surface area contributed by atoms with Gasteiger partial charge in [0.25, 0.3) is 0 Å². The van der Waals surface area contributed by atoms with E-state index in [-0.39, 0.29) is 18.6 Å². The van der Waals surface area contributed by atoms with E-state index >= 15 is 0 Å². The van der Waals surface area contributed by atoms with Gasteiger partial charge in [-0.05, 0) is 37.0 Å². The molecule has 0 spiro atoms. The van der Waals surface area contributed by atoms with Crippen LogP contribution in [0.4, 0.5) is 5.69 Å². The van der Waals surface area contributed by atoms with Gasteiger partial charge in [0.1, 0.15) is 0 Å². The molecule has 0 fully saturated rings. The van der Waals surface area contributed by atoms with Crippen molar-refractivity contribution in [2.75, 3.05) is 4.90 Å². The number of nitrogens with zero attached hydrogens (tertiary/aromatic N) is 1. The summed E-state index contributed by atoms with van der Waals surface area (Å²) in [7, 11) is 0. The average Bonchev–Trinajstić information content (AvgIpc) is 2.48. The van der Waals surface area contributed by atoms with E-state index < -0.39 is 0 Å². The normalized spacial score (nSPS) is 10.9. The van der Waals surface area contributed by atoms with Crippen LogP contribution in [0.2, 0.25) is 0 Å². The molecule has 1 aromatic carbocycles. The molecule has 0 unspecified atom stereocenters. The maximum atomic E-state index is 12.6. The van der Waals surface area contributed by atoms with E-state index in [1.807, 2.05) is 36.1 Å². The van der Waals surface area contributed by atoms with Gasteiger partial charge in [-0.15, -0.1) is 0 Å². The SMILES string of the molecule is CCCC(=O)N(c1cccc(CO)c1)C(CCC)CCC. The van der Waals surface area contributed by atoms with Gasteiger partial charge in [0.05, 0.1) is 6.61 Å². The van der Waals surface area contributed by atoms with Gasteiger partial charge in [-0.2, -0.15) is 0 Å². The van der Waals surface area contributed by atoms with Gasteiger partial charge in [-0.3, -0.25) is 4.79 Å². The van der Waals surface area contributed by atoms with Gasteiger partial charge in [-0.1, -0.05) is 45.7 Å². The molecular weight excluding hydrogens is 262 g/mol. The van der Waals surface area contributed by atoms with E-state index in [0.717, 1.165) is 43.4 Å². The molecule has 0 saturated heterocycles. The van der Waals surface area contributed by atoms with E-state index in [9.17, 15) is 9.90 Å². The molecule has 3 heteroatoms. The molecule has 118 valence electrons. The van der Waals surface area contributed by atoms with Gasteiger partial charge in [0.15, 0.2) is 0 Å². The number of hydrogen-bond acceptors (Lipinski definition) is 2. The third-order valence-electron chi connectivity index (χ3n) is 3.71. The molecule has 1 rings (SSSR count). The molecule has 1 aromatic rings. The van der Waals surface area contributed by atoms with E-state index in [1.165, 1.54) is 0 Å². The summed E-state index contributed by atoms with van der Waals surface area (Å²) in [4.78, 5) is 14.6. The fourth-order valence-corrected chi connectivity index (χ4v) is 2.77. The van der Waals surface area contributed by atoms with Crippen molar-refractivity contribution in [1.29, 1.82) is 0 Å². The third-order valence-corrected chi connectivity index (χ3v) is 3.71. The number of rotatable bonds is 9. The van der Waals surface area contributed by atoms with Crippen LogP contribution < -0.4 is 4.90 Å². The largest absolute Gasteiger partial charge is 0.392 e. The lowest BCUT2D eigenvalue weighted by atomic mass is 10.0. The topological polar surface area (TPSA) is 40.5 Å². The van der Waals surface area contributed by atoms with Crippen molar-refractivity contribution in [2.24, 2.45) is 0 Å². The number of amides is 1. The van der Waals surface area contributed by atoms with Crippen LogP contribution >= 0.6 is 0 Å². The van der Waals surface area contributed by atoms with Gasteiger partial charge in [0.2, 0.25) is 5.91 Å². The smallest absolute Gasteiger partial charge is 0.227 e. The molecule has 0 saturated carbocycles. The van der Waals surface area contributed by atoms with E-state index in [1.54, 1.807) is 0 Å². The zero-order chi connectivity index (χ0) is 15.7. The van der Waals surface area contributed by atoms with E-state index in [4.69, 9.17) is 0 Å². The van der Waals surface area contributed by atoms with Crippen LogP contribution in [0.5, 0.6) is 0 Å². The summed E-state index contributed by atoms with van der Waals surface area (Å²) in [6, 6.07) is 7.98. The Morgan fingerprint density at radius 2 is 1.81 bits per heavy atom. The first kappa shape index (κ1) is 17.7. The summed E-state index contributed by atoms with van der Waals surface area (Å²) in [5, 5.41) is 9.33. The molecule has 0 atom stereocenters. The fourth-order valence-electron chi connectivity index (χ4n) is 2.77. The molecule has 0 aliphatic heterocycles. The van der Waals surface area contributed by atoms with Crippen molar-refractivity contribution in [3.8, 4) is 0 Å². The second-order valence-corrected chi connectivity index (χ2v) is 5.57. The summed E-state index contributed by atoms with van der Waals surface area (Å²) in [5.41, 5.74) is 1.78. The van der Waals surface area contributed by atoms with Crippen LogP contribution in [-0.2, 0) is 11.4 Å². The summed E-state index contributed by atoms with van der Waals surface area (Å²) in [6.45, 7) is 6.37. The van der Waals surface area contributed by atoms with Crippen molar-refractivity contribution in [2.45, 2.75) is 71.9 Å². The molecular formula is C18H29NO2. The number of aliphatic hydroxyl groups excluding tert-OH is 1. The Morgan fingerprint density at radius 3 is 2.33 bits per heavy atom. The molecule has 0 aromatic heterocycles. The van der Waals surface area contributed by atoms with Crippen molar-refractivity contribution in [1.82, 2.24) is 0 Å². The molecule has 0 aliphatic carbocycles. The van der Waals surface area contributed by atoms with Crippen LogP contribution in [0.3, 0.4) is 0 Å². The number of carbonyl (C=O) groups is 1. The number of benzene rings is 1. The van der Waals surface area contributed by atoms with E-state index in [0.29, 0.717) is 6.42 Å². The van der Waals surface area contributed by atoms with Crippen molar-refractivity contribution in [3.05, 3.63) is 29.8 Å². The molecule has 0 radical (unpaired) electrons. The Kier molecular flexibility index (Phi) is 8.06. The zero-order valence-electron chi connectivity index (χ0n) is 13.6. The Bertz CT molecular complexity index is 425. The van der Waals surface area contributed by atoms with Crippen molar-refractivity contribution >= 4 is 11.6 Å². The highest BCUT2D eigenvalue weighted by atomic mass is 16.3. The average molecular weight is 291 g/mol. The van der Waals surface area contributed by atoms with Crippen LogP contribution in [0.1, 0.15) is 64.9 Å². The zero-order valence-corrected chi connectivity index (χ0v) is 13.6. The molecule has 0 aliphatic rings. The minimum atomic E-state index is 0.00979. The van der Waals surface area contributed by atoms with Gasteiger partial charge < -0.3 is 10.0 Å². The Hall–Kier alpha value is -1.35. The standard InChI is InChI=1S/C18H29NO2/c1-4-8-16(9-5-2)19(18(21)10-6-3)17-12-7-11-15(13-17)14-20/h7,11-13,16,20H,4-6,8-10,14H2,1-3H3. The van der Waals surface area contributed by atoms with Crippen molar-refractivity contribution in [3.63, 3.8) is 0 Å². The first-order valence-electron chi connectivity index (χ1n) is 8.19. The third kappa shape index (κ3) is 5.16.